The van der Waals surface area contributed by atoms with Crippen molar-refractivity contribution in [3.63, 3.8) is 0 Å². The number of rotatable bonds is 4. The number of thiol groups is 1. The van der Waals surface area contributed by atoms with Gasteiger partial charge in [-0.05, 0) is 6.92 Å². The molecule has 8 heteroatoms. The predicted octanol–water partition coefficient (Wildman–Crippen LogP) is -0.708. The molecule has 1 rings (SSSR count). The van der Waals surface area contributed by atoms with Crippen LogP contribution in [0.5, 0.6) is 0 Å². The third-order valence-corrected chi connectivity index (χ3v) is 1.83. The van der Waals surface area contributed by atoms with Crippen molar-refractivity contribution < 1.29 is 9.53 Å². The molecule has 1 N–H and O–H groups in total. The van der Waals surface area contributed by atoms with Crippen molar-refractivity contribution in [1.29, 1.82) is 0 Å². The molecule has 0 amide bonds. The van der Waals surface area contributed by atoms with E-state index in [1.165, 1.54) is 0 Å². The number of nitrogens with one attached hydrogen (secondary N) is 1. The summed E-state index contributed by atoms with van der Waals surface area (Å²) in [7, 11) is 0. The third kappa shape index (κ3) is 6.99. The van der Waals surface area contributed by atoms with Gasteiger partial charge in [0.15, 0.2) is 0 Å². The van der Waals surface area contributed by atoms with E-state index >= 15 is 0 Å². The minimum atomic E-state index is -0.224. The van der Waals surface area contributed by atoms with E-state index in [0.29, 0.717) is 30.2 Å². The van der Waals surface area contributed by atoms with Gasteiger partial charge in [0, 0.05) is 6.42 Å². The number of hydrogen-bond donors (Lipinski definition) is 2. The van der Waals surface area contributed by atoms with Gasteiger partial charge in [-0.1, -0.05) is 5.21 Å². The number of aromatic amines is 1. The fourth-order valence-corrected chi connectivity index (χ4v) is 1.07. The molecule has 0 aromatic carbocycles. The number of H-pyrrole nitrogens is 1. The molecular weight excluding hydrogens is 236 g/mol. The Labute approximate surface area is 138 Å². The number of esters is 1. The summed E-state index contributed by atoms with van der Waals surface area (Å²) >= 11 is 4.07. The number of ether oxygens (including phenoxy) is 1. The Morgan fingerprint density at radius 2 is 2.20 bits per heavy atom. The van der Waals surface area contributed by atoms with E-state index in [2.05, 4.69) is 28.0 Å². The number of aromatic nitrogens is 3. The number of nitrogens with zero attached hydrogens (tertiary/aromatic N) is 2. The molecular formula is C7H13N3Na2O2S. The van der Waals surface area contributed by atoms with Crippen molar-refractivity contribution in [2.24, 2.45) is 0 Å². The molecule has 0 saturated heterocycles. The van der Waals surface area contributed by atoms with Crippen molar-refractivity contribution in [3.05, 3.63) is 5.69 Å². The van der Waals surface area contributed by atoms with Crippen LogP contribution in [0.4, 0.5) is 0 Å². The normalized spacial score (nSPS) is 8.67. The van der Waals surface area contributed by atoms with Gasteiger partial charge in [0.05, 0.1) is 18.7 Å². The summed E-state index contributed by atoms with van der Waals surface area (Å²) in [6.45, 7) is 2.18. The van der Waals surface area contributed by atoms with E-state index < -0.39 is 0 Å². The van der Waals surface area contributed by atoms with Crippen LogP contribution in [0.25, 0.3) is 0 Å². The Hall–Kier alpha value is 0.960. The van der Waals surface area contributed by atoms with Crippen molar-refractivity contribution in [2.75, 3.05) is 6.61 Å². The zero-order valence-electron chi connectivity index (χ0n) is 7.28. The van der Waals surface area contributed by atoms with Crippen LogP contribution >= 0.6 is 12.6 Å². The molecule has 0 radical (unpaired) electrons. The molecule has 0 aliphatic heterocycles. The molecule has 76 valence electrons. The Kier molecular flexibility index (Phi) is 12.4. The van der Waals surface area contributed by atoms with Gasteiger partial charge in [-0.2, -0.15) is 0 Å². The van der Waals surface area contributed by atoms with Crippen LogP contribution in [-0.4, -0.2) is 87.1 Å². The Balaban J connectivity index is 0. The predicted molar refractivity (Wildman–Crippen MR) is 62.9 cm³/mol. The SMILES string of the molecule is CCOC(=O)CCc1nn[nH]c1S.[NaH].[NaH]. The number of hydrogen-bond acceptors (Lipinski definition) is 5. The zero-order chi connectivity index (χ0) is 9.68. The molecule has 0 aliphatic carbocycles. The van der Waals surface area contributed by atoms with Crippen LogP contribution in [0, 0.1) is 0 Å². The minimum absolute atomic E-state index is 0. The van der Waals surface area contributed by atoms with Crippen molar-refractivity contribution in [1.82, 2.24) is 15.4 Å². The summed E-state index contributed by atoms with van der Waals surface area (Å²) in [5.74, 6) is -0.224. The molecule has 0 saturated carbocycles. The maximum atomic E-state index is 10.9. The molecule has 0 atom stereocenters. The van der Waals surface area contributed by atoms with Crippen LogP contribution in [0.3, 0.4) is 0 Å². The fraction of sp³-hybridized carbons (Fsp3) is 0.571. The molecule has 1 aromatic rings. The Morgan fingerprint density at radius 1 is 1.53 bits per heavy atom. The summed E-state index contributed by atoms with van der Waals surface area (Å²) in [5, 5.41) is 10.5. The first-order chi connectivity index (χ1) is 6.24. The van der Waals surface area contributed by atoms with Gasteiger partial charge in [0.25, 0.3) is 0 Å². The van der Waals surface area contributed by atoms with E-state index in [9.17, 15) is 4.79 Å². The third-order valence-electron chi connectivity index (χ3n) is 1.47. The van der Waals surface area contributed by atoms with Gasteiger partial charge in [0.1, 0.15) is 5.03 Å². The van der Waals surface area contributed by atoms with Gasteiger partial charge < -0.3 is 4.74 Å². The van der Waals surface area contributed by atoms with Crippen molar-refractivity contribution in [3.8, 4) is 0 Å². The van der Waals surface area contributed by atoms with Crippen LogP contribution in [0.2, 0.25) is 0 Å². The van der Waals surface area contributed by atoms with Gasteiger partial charge in [-0.15, -0.1) is 17.7 Å². The fourth-order valence-electron chi connectivity index (χ4n) is 0.867. The van der Waals surface area contributed by atoms with E-state index in [-0.39, 0.29) is 65.1 Å². The summed E-state index contributed by atoms with van der Waals surface area (Å²) in [6, 6.07) is 0. The molecule has 5 nitrogen and oxygen atoms in total. The van der Waals surface area contributed by atoms with Crippen LogP contribution in [0.15, 0.2) is 5.03 Å². The molecule has 1 aromatic heterocycles. The van der Waals surface area contributed by atoms with E-state index in [1.54, 1.807) is 6.92 Å². The average molecular weight is 249 g/mol. The van der Waals surface area contributed by atoms with Gasteiger partial charge in [0.2, 0.25) is 0 Å². The van der Waals surface area contributed by atoms with Crippen molar-refractivity contribution >= 4 is 77.7 Å². The molecule has 0 fully saturated rings. The van der Waals surface area contributed by atoms with Gasteiger partial charge >= 0.3 is 65.1 Å². The first-order valence-corrected chi connectivity index (χ1v) is 4.43. The van der Waals surface area contributed by atoms with Crippen LogP contribution in [-0.2, 0) is 16.0 Å². The maximum absolute atomic E-state index is 10.9. The van der Waals surface area contributed by atoms with Gasteiger partial charge in [-0.3, -0.25) is 9.89 Å². The molecule has 0 bridgehead atoms. The Bertz CT molecular complexity index is 296. The second kappa shape index (κ2) is 10.1. The quantitative estimate of drug-likeness (QED) is 0.420. The van der Waals surface area contributed by atoms with Crippen molar-refractivity contribution in [2.45, 2.75) is 24.8 Å². The monoisotopic (exact) mass is 249 g/mol. The standard InChI is InChI=1S/C7H11N3O2S.2Na.2H/c1-2-12-6(11)4-3-5-7(13)9-10-8-5;;;;/h2-4H2,1H3,(H2,8,9,10,13);;;;. The van der Waals surface area contributed by atoms with Crippen LogP contribution < -0.4 is 0 Å². The van der Waals surface area contributed by atoms with E-state index in [0.717, 1.165) is 0 Å². The topological polar surface area (TPSA) is 67.9 Å². The molecule has 0 spiro atoms. The number of carbonyl (C=O) groups is 1. The zero-order valence-corrected chi connectivity index (χ0v) is 8.17. The summed E-state index contributed by atoms with van der Waals surface area (Å²) < 4.78 is 4.76. The first-order valence-electron chi connectivity index (χ1n) is 3.98. The second-order valence-corrected chi connectivity index (χ2v) is 2.86. The number of carbonyl (C=O) groups excluding carboxylic acids is 1. The van der Waals surface area contributed by atoms with E-state index in [1.807, 2.05) is 0 Å². The molecule has 0 aliphatic rings. The molecule has 1 heterocycles. The average Bonchev–Trinajstić information content (AvgIpc) is 2.48. The molecule has 15 heavy (non-hydrogen) atoms. The summed E-state index contributed by atoms with van der Waals surface area (Å²) in [6.07, 6.45) is 0.822. The van der Waals surface area contributed by atoms with E-state index in [4.69, 9.17) is 4.74 Å². The first kappa shape index (κ1) is 18.3. The Morgan fingerprint density at radius 3 is 2.67 bits per heavy atom. The number of aryl methyl sites for hydroxylation is 1. The summed E-state index contributed by atoms with van der Waals surface area (Å²) in [4.78, 5) is 10.9. The van der Waals surface area contributed by atoms with Crippen LogP contribution in [0.1, 0.15) is 19.0 Å². The summed E-state index contributed by atoms with van der Waals surface area (Å²) in [5.41, 5.74) is 0.691. The van der Waals surface area contributed by atoms with Gasteiger partial charge in [-0.25, -0.2) is 0 Å². The molecule has 0 unspecified atom stereocenters. The second-order valence-electron chi connectivity index (χ2n) is 2.41.